The van der Waals surface area contributed by atoms with Gasteiger partial charge in [-0.25, -0.2) is 9.78 Å². The lowest BCUT2D eigenvalue weighted by Crippen LogP contribution is -2.36. The van der Waals surface area contributed by atoms with Crippen LogP contribution in [0.5, 0.6) is 0 Å². The molecule has 2 amide bonds. The zero-order valence-electron chi connectivity index (χ0n) is 13.5. The van der Waals surface area contributed by atoms with E-state index < -0.39 is 11.5 Å². The molecule has 2 rings (SSSR count). The second-order valence-corrected chi connectivity index (χ2v) is 6.41. The van der Waals surface area contributed by atoms with E-state index >= 15 is 0 Å². The van der Waals surface area contributed by atoms with Gasteiger partial charge in [-0.2, -0.15) is 4.98 Å². The summed E-state index contributed by atoms with van der Waals surface area (Å²) in [7, 11) is 0. The molecular formula is C14H22N6O3. The Kier molecular flexibility index (Phi) is 4.57. The first-order valence-corrected chi connectivity index (χ1v) is 7.32. The smallest absolute Gasteiger partial charge is 0.410 e. The van der Waals surface area contributed by atoms with Crippen LogP contribution in [0.1, 0.15) is 37.6 Å². The van der Waals surface area contributed by atoms with Gasteiger partial charge in [0.2, 0.25) is 5.95 Å². The monoisotopic (exact) mass is 322 g/mol. The Bertz CT molecular complexity index is 613. The molecule has 1 fully saturated rings. The topological polar surface area (TPSA) is 136 Å². The SMILES string of the molecule is CC(C)(C)OC(=O)N1CCC(Nc2ncc(C(N)=O)c(N)n2)C1. The quantitative estimate of drug-likeness (QED) is 0.740. The largest absolute Gasteiger partial charge is 0.444 e. The van der Waals surface area contributed by atoms with Crippen molar-refractivity contribution in [3.8, 4) is 0 Å². The standard InChI is InChI=1S/C14H22N6O3/c1-14(2,3)23-13(22)20-5-4-8(7-20)18-12-17-6-9(11(16)21)10(15)19-12/h6,8H,4-5,7H2,1-3H3,(H2,16,21)(H3,15,17,18,19). The van der Waals surface area contributed by atoms with Crippen molar-refractivity contribution >= 4 is 23.8 Å². The molecule has 1 atom stereocenters. The number of amides is 2. The first kappa shape index (κ1) is 16.8. The molecule has 0 radical (unpaired) electrons. The van der Waals surface area contributed by atoms with Crippen LogP contribution in [0.25, 0.3) is 0 Å². The van der Waals surface area contributed by atoms with Crippen LogP contribution in [0.15, 0.2) is 6.20 Å². The van der Waals surface area contributed by atoms with Gasteiger partial charge in [0.1, 0.15) is 11.4 Å². The van der Waals surface area contributed by atoms with Crippen molar-refractivity contribution in [2.45, 2.75) is 38.8 Å². The van der Waals surface area contributed by atoms with Crippen LogP contribution in [0, 0.1) is 0 Å². The maximum Gasteiger partial charge on any atom is 0.410 e. The van der Waals surface area contributed by atoms with Gasteiger partial charge in [-0.05, 0) is 27.2 Å². The number of anilines is 2. The number of carbonyl (C=O) groups is 2. The van der Waals surface area contributed by atoms with E-state index in [0.717, 1.165) is 6.42 Å². The fourth-order valence-corrected chi connectivity index (χ4v) is 2.21. The molecule has 9 nitrogen and oxygen atoms in total. The number of hydrogen-bond donors (Lipinski definition) is 3. The van der Waals surface area contributed by atoms with E-state index in [4.69, 9.17) is 16.2 Å². The number of hydrogen-bond acceptors (Lipinski definition) is 7. The van der Waals surface area contributed by atoms with Gasteiger partial charge in [0.25, 0.3) is 5.91 Å². The van der Waals surface area contributed by atoms with Crippen molar-refractivity contribution in [3.05, 3.63) is 11.8 Å². The number of nitrogen functional groups attached to an aromatic ring is 1. The van der Waals surface area contributed by atoms with E-state index in [1.807, 2.05) is 20.8 Å². The third-order valence-electron chi connectivity index (χ3n) is 3.26. The van der Waals surface area contributed by atoms with Gasteiger partial charge in [-0.15, -0.1) is 0 Å². The molecule has 1 saturated heterocycles. The fourth-order valence-electron chi connectivity index (χ4n) is 2.21. The molecule has 2 heterocycles. The van der Waals surface area contributed by atoms with Crippen LogP contribution in [-0.4, -0.2) is 51.6 Å². The van der Waals surface area contributed by atoms with E-state index in [1.165, 1.54) is 6.20 Å². The lowest BCUT2D eigenvalue weighted by molar-refractivity contribution is 0.0293. The van der Waals surface area contributed by atoms with Gasteiger partial charge in [0.15, 0.2) is 0 Å². The molecule has 0 aliphatic carbocycles. The van der Waals surface area contributed by atoms with Crippen molar-refractivity contribution in [2.24, 2.45) is 5.73 Å². The number of nitrogens with two attached hydrogens (primary N) is 2. The summed E-state index contributed by atoms with van der Waals surface area (Å²) in [6.45, 7) is 6.55. The molecule has 0 bridgehead atoms. The fraction of sp³-hybridized carbons (Fsp3) is 0.571. The molecule has 1 aromatic heterocycles. The van der Waals surface area contributed by atoms with Crippen molar-refractivity contribution in [1.29, 1.82) is 0 Å². The molecule has 1 unspecified atom stereocenters. The highest BCUT2D eigenvalue weighted by molar-refractivity contribution is 5.96. The number of rotatable bonds is 3. The minimum Gasteiger partial charge on any atom is -0.444 e. The molecule has 1 aromatic rings. The number of ether oxygens (including phenoxy) is 1. The molecule has 1 aliphatic heterocycles. The average molecular weight is 322 g/mol. The van der Waals surface area contributed by atoms with Crippen LogP contribution in [0.3, 0.4) is 0 Å². The third-order valence-corrected chi connectivity index (χ3v) is 3.26. The summed E-state index contributed by atoms with van der Waals surface area (Å²) < 4.78 is 5.34. The van der Waals surface area contributed by atoms with Gasteiger partial charge in [0.05, 0.1) is 5.56 Å². The Morgan fingerprint density at radius 1 is 1.43 bits per heavy atom. The van der Waals surface area contributed by atoms with Crippen molar-refractivity contribution in [1.82, 2.24) is 14.9 Å². The highest BCUT2D eigenvalue weighted by Crippen LogP contribution is 2.18. The van der Waals surface area contributed by atoms with Crippen LogP contribution in [-0.2, 0) is 4.74 Å². The summed E-state index contributed by atoms with van der Waals surface area (Å²) in [4.78, 5) is 32.8. The summed E-state index contributed by atoms with van der Waals surface area (Å²) in [6.07, 6.45) is 1.68. The van der Waals surface area contributed by atoms with E-state index in [1.54, 1.807) is 4.90 Å². The normalized spacial score (nSPS) is 17.9. The Morgan fingerprint density at radius 3 is 2.70 bits per heavy atom. The summed E-state index contributed by atoms with van der Waals surface area (Å²) in [5.41, 5.74) is 10.4. The van der Waals surface area contributed by atoms with Crippen LogP contribution < -0.4 is 16.8 Å². The maximum absolute atomic E-state index is 12.0. The maximum atomic E-state index is 12.0. The average Bonchev–Trinajstić information content (AvgIpc) is 2.85. The van der Waals surface area contributed by atoms with Gasteiger partial charge in [-0.1, -0.05) is 0 Å². The van der Waals surface area contributed by atoms with Gasteiger partial charge >= 0.3 is 6.09 Å². The van der Waals surface area contributed by atoms with Crippen molar-refractivity contribution in [2.75, 3.05) is 24.1 Å². The summed E-state index contributed by atoms with van der Waals surface area (Å²) in [6, 6.07) is -0.0126. The zero-order chi connectivity index (χ0) is 17.2. The predicted octanol–water partition coefficient (Wildman–Crippen LogP) is 0.579. The van der Waals surface area contributed by atoms with E-state index in [9.17, 15) is 9.59 Å². The van der Waals surface area contributed by atoms with Crippen molar-refractivity contribution < 1.29 is 14.3 Å². The molecule has 0 spiro atoms. The molecule has 0 aromatic carbocycles. The van der Waals surface area contributed by atoms with Crippen molar-refractivity contribution in [3.63, 3.8) is 0 Å². The number of primary amides is 1. The summed E-state index contributed by atoms with van der Waals surface area (Å²) >= 11 is 0. The molecular weight excluding hydrogens is 300 g/mol. The second kappa shape index (κ2) is 6.27. The number of likely N-dealkylation sites (tertiary alicyclic amines) is 1. The number of nitrogens with zero attached hydrogens (tertiary/aromatic N) is 3. The Balaban J connectivity index is 1.94. The first-order valence-electron chi connectivity index (χ1n) is 7.32. The molecule has 126 valence electrons. The highest BCUT2D eigenvalue weighted by atomic mass is 16.6. The lowest BCUT2D eigenvalue weighted by atomic mass is 10.2. The number of nitrogens with one attached hydrogen (secondary N) is 1. The minimum atomic E-state index is -0.675. The van der Waals surface area contributed by atoms with Gasteiger partial charge in [-0.3, -0.25) is 4.79 Å². The molecule has 23 heavy (non-hydrogen) atoms. The summed E-state index contributed by atoms with van der Waals surface area (Å²) in [5, 5.41) is 3.09. The predicted molar refractivity (Wildman–Crippen MR) is 84.8 cm³/mol. The summed E-state index contributed by atoms with van der Waals surface area (Å²) in [5.74, 6) is -0.355. The van der Waals surface area contributed by atoms with Crippen LogP contribution >= 0.6 is 0 Å². The minimum absolute atomic E-state index is 0.0126. The zero-order valence-corrected chi connectivity index (χ0v) is 13.5. The van der Waals surface area contributed by atoms with Gasteiger partial charge in [0, 0.05) is 25.3 Å². The molecule has 0 saturated carbocycles. The van der Waals surface area contributed by atoms with Crippen LogP contribution in [0.2, 0.25) is 0 Å². The Morgan fingerprint density at radius 2 is 2.13 bits per heavy atom. The second-order valence-electron chi connectivity index (χ2n) is 6.41. The number of carbonyl (C=O) groups excluding carboxylic acids is 2. The third kappa shape index (κ3) is 4.44. The highest BCUT2D eigenvalue weighted by Gasteiger charge is 2.30. The van der Waals surface area contributed by atoms with E-state index in [0.29, 0.717) is 19.0 Å². The lowest BCUT2D eigenvalue weighted by Gasteiger charge is -2.24. The van der Waals surface area contributed by atoms with Gasteiger partial charge < -0.3 is 26.4 Å². The Hall–Kier alpha value is -2.58. The molecule has 9 heteroatoms. The Labute approximate surface area is 134 Å². The van der Waals surface area contributed by atoms with E-state index in [-0.39, 0.29) is 23.5 Å². The first-order chi connectivity index (χ1) is 10.7. The van der Waals surface area contributed by atoms with Crippen LogP contribution in [0.4, 0.5) is 16.6 Å². The molecule has 5 N–H and O–H groups in total. The number of aromatic nitrogens is 2. The molecule has 1 aliphatic rings. The van der Waals surface area contributed by atoms with E-state index in [2.05, 4.69) is 15.3 Å².